The molecule has 0 rings (SSSR count). The van der Waals surface area contributed by atoms with Gasteiger partial charge in [-0.15, -0.1) is 0 Å². The lowest BCUT2D eigenvalue weighted by atomic mass is 10.0. The van der Waals surface area contributed by atoms with E-state index in [-0.39, 0.29) is 6.61 Å². The highest BCUT2D eigenvalue weighted by Gasteiger charge is 2.22. The first-order chi connectivity index (χ1) is 27.1. The van der Waals surface area contributed by atoms with E-state index in [0.29, 0.717) is 6.42 Å². The van der Waals surface area contributed by atoms with Gasteiger partial charge in [0.1, 0.15) is 6.10 Å². The molecule has 0 saturated carbocycles. The quantitative estimate of drug-likeness (QED) is 0.0283. The molecule has 0 fully saturated rings. The monoisotopic (exact) mass is 770 g/mol. The van der Waals surface area contributed by atoms with E-state index >= 15 is 0 Å². The average molecular weight is 770 g/mol. The summed E-state index contributed by atoms with van der Waals surface area (Å²) >= 11 is 0. The Hall–Kier alpha value is -1.95. The number of hydrogen-bond acceptors (Lipinski definition) is 4. The second kappa shape index (κ2) is 44.8. The lowest BCUT2D eigenvalue weighted by molar-refractivity contribution is -0.131. The fourth-order valence-corrected chi connectivity index (χ4v) is 6.85. The molecule has 5 nitrogen and oxygen atoms in total. The second-order valence-corrected chi connectivity index (χ2v) is 16.0. The zero-order valence-corrected chi connectivity index (χ0v) is 36.3. The van der Waals surface area contributed by atoms with Crippen molar-refractivity contribution < 1.29 is 20.1 Å². The summed E-state index contributed by atoms with van der Waals surface area (Å²) in [6, 6.07) is -0.825. The third kappa shape index (κ3) is 40.1. The first-order valence-corrected chi connectivity index (χ1v) is 23.6. The number of unbranched alkanes of at least 4 members (excludes halogenated alkanes) is 27. The lowest BCUT2D eigenvalue weighted by Gasteiger charge is -2.21. The standard InChI is InChI=1S/C50H91NO4/c1-3-5-7-9-11-13-15-17-19-21-23-24-25-26-27-29-30-32-34-36-38-40-42-44-48(53)47(46-52)51-50(55)49(54)45-43-41-39-37-35-33-31-28-22-20-18-16-14-12-10-8-6-4-2/h12,14,16,18,27,29,34,36,42,44,47-49,52-54H,3-11,13,15,17,19-26,28,30-33,35,37-41,43,45-46H2,1-2H3,(H,51,55)/b14-12-,18-16-,29-27+,36-34+,44-42+. The van der Waals surface area contributed by atoms with Crippen LogP contribution in [0.25, 0.3) is 0 Å². The molecule has 0 aliphatic rings. The van der Waals surface area contributed by atoms with E-state index in [4.69, 9.17) is 0 Å². The summed E-state index contributed by atoms with van der Waals surface area (Å²) in [5.41, 5.74) is 0. The highest BCUT2D eigenvalue weighted by Crippen LogP contribution is 2.15. The molecule has 320 valence electrons. The summed E-state index contributed by atoms with van der Waals surface area (Å²) < 4.78 is 0. The van der Waals surface area contributed by atoms with Crippen LogP contribution in [0.5, 0.6) is 0 Å². The highest BCUT2D eigenvalue weighted by atomic mass is 16.3. The second-order valence-electron chi connectivity index (χ2n) is 16.0. The largest absolute Gasteiger partial charge is 0.394 e. The first-order valence-electron chi connectivity index (χ1n) is 23.6. The Morgan fingerprint density at radius 2 is 0.800 bits per heavy atom. The zero-order valence-electron chi connectivity index (χ0n) is 36.3. The van der Waals surface area contributed by atoms with Crippen molar-refractivity contribution in [3.8, 4) is 0 Å². The van der Waals surface area contributed by atoms with E-state index in [9.17, 15) is 20.1 Å². The number of nitrogens with one attached hydrogen (secondary N) is 1. The number of allylic oxidation sites excluding steroid dienone is 9. The van der Waals surface area contributed by atoms with Gasteiger partial charge in [-0.05, 0) is 70.6 Å². The Morgan fingerprint density at radius 3 is 1.25 bits per heavy atom. The summed E-state index contributed by atoms with van der Waals surface area (Å²) in [5, 5.41) is 33.2. The molecule has 0 radical (unpaired) electrons. The minimum absolute atomic E-state index is 0.385. The van der Waals surface area contributed by atoms with Crippen LogP contribution in [0.3, 0.4) is 0 Å². The zero-order chi connectivity index (χ0) is 40.1. The van der Waals surface area contributed by atoms with Gasteiger partial charge < -0.3 is 20.6 Å². The van der Waals surface area contributed by atoms with Crippen LogP contribution < -0.4 is 5.32 Å². The molecule has 3 atom stereocenters. The molecular formula is C50H91NO4. The summed E-state index contributed by atoms with van der Waals surface area (Å²) in [6.07, 6.45) is 59.7. The SMILES string of the molecule is CCCCC/C=C\C=C/CCCCCCCCCCCC(O)C(=O)NC(CO)C(O)/C=C/CC/C=C/CC/C=C/CCCCCCCCCCCCCCC. The normalized spacial score (nSPS) is 14.1. The van der Waals surface area contributed by atoms with Crippen LogP contribution in [0.15, 0.2) is 60.8 Å². The fourth-order valence-electron chi connectivity index (χ4n) is 6.85. The minimum atomic E-state index is -1.12. The molecule has 55 heavy (non-hydrogen) atoms. The van der Waals surface area contributed by atoms with Crippen molar-refractivity contribution in [2.75, 3.05) is 6.61 Å². The first kappa shape index (κ1) is 53.0. The van der Waals surface area contributed by atoms with E-state index in [0.717, 1.165) is 44.9 Å². The maximum Gasteiger partial charge on any atom is 0.249 e. The Labute approximate surface area is 341 Å². The summed E-state index contributed by atoms with van der Waals surface area (Å²) in [5.74, 6) is -0.523. The van der Waals surface area contributed by atoms with Gasteiger partial charge in [0.15, 0.2) is 0 Å². The van der Waals surface area contributed by atoms with Crippen molar-refractivity contribution in [3.63, 3.8) is 0 Å². The van der Waals surface area contributed by atoms with Crippen LogP contribution in [0.1, 0.15) is 226 Å². The molecular weight excluding hydrogens is 679 g/mol. The van der Waals surface area contributed by atoms with Crippen LogP contribution in [-0.4, -0.2) is 46.1 Å². The van der Waals surface area contributed by atoms with Gasteiger partial charge in [0, 0.05) is 0 Å². The molecule has 4 N–H and O–H groups in total. The van der Waals surface area contributed by atoms with Crippen LogP contribution in [-0.2, 0) is 4.79 Å². The lowest BCUT2D eigenvalue weighted by Crippen LogP contribution is -2.48. The molecule has 0 aromatic heterocycles. The van der Waals surface area contributed by atoms with Crippen LogP contribution in [0.4, 0.5) is 0 Å². The maximum atomic E-state index is 12.5. The maximum absolute atomic E-state index is 12.5. The number of rotatable bonds is 42. The number of aliphatic hydroxyl groups is 3. The predicted octanol–water partition coefficient (Wildman–Crippen LogP) is 13.9. The number of carbonyl (C=O) groups is 1. The Morgan fingerprint density at radius 1 is 0.455 bits per heavy atom. The third-order valence-corrected chi connectivity index (χ3v) is 10.6. The van der Waals surface area contributed by atoms with E-state index in [1.54, 1.807) is 6.08 Å². The van der Waals surface area contributed by atoms with E-state index in [2.05, 4.69) is 67.8 Å². The van der Waals surface area contributed by atoms with Gasteiger partial charge in [0.25, 0.3) is 0 Å². The molecule has 1 amide bonds. The molecule has 0 aromatic rings. The number of carbonyl (C=O) groups excluding carboxylic acids is 1. The summed E-state index contributed by atoms with van der Waals surface area (Å²) in [7, 11) is 0. The summed E-state index contributed by atoms with van der Waals surface area (Å²) in [4.78, 5) is 12.5. The molecule has 0 spiro atoms. The smallest absolute Gasteiger partial charge is 0.249 e. The van der Waals surface area contributed by atoms with E-state index < -0.39 is 24.2 Å². The van der Waals surface area contributed by atoms with Gasteiger partial charge in [0.05, 0.1) is 18.8 Å². The van der Waals surface area contributed by atoms with Gasteiger partial charge in [-0.3, -0.25) is 4.79 Å². The number of amides is 1. The predicted molar refractivity (Wildman–Crippen MR) is 240 cm³/mol. The molecule has 0 saturated heterocycles. The van der Waals surface area contributed by atoms with Gasteiger partial charge in [-0.2, -0.15) is 0 Å². The minimum Gasteiger partial charge on any atom is -0.394 e. The Kier molecular flexibility index (Phi) is 43.2. The fraction of sp³-hybridized carbons (Fsp3) is 0.780. The highest BCUT2D eigenvalue weighted by molar-refractivity contribution is 5.80. The molecule has 0 aliphatic carbocycles. The number of hydrogen-bond donors (Lipinski definition) is 4. The molecule has 0 aliphatic heterocycles. The van der Waals surface area contributed by atoms with E-state index in [1.807, 2.05) is 6.08 Å². The Balaban J connectivity index is 3.74. The molecule has 0 aromatic carbocycles. The van der Waals surface area contributed by atoms with Crippen molar-refractivity contribution in [1.82, 2.24) is 5.32 Å². The van der Waals surface area contributed by atoms with Crippen molar-refractivity contribution in [3.05, 3.63) is 60.8 Å². The third-order valence-electron chi connectivity index (χ3n) is 10.6. The van der Waals surface area contributed by atoms with Crippen LogP contribution in [0, 0.1) is 0 Å². The van der Waals surface area contributed by atoms with Crippen LogP contribution >= 0.6 is 0 Å². The van der Waals surface area contributed by atoms with Gasteiger partial charge in [-0.1, -0.05) is 216 Å². The van der Waals surface area contributed by atoms with Crippen LogP contribution in [0.2, 0.25) is 0 Å². The molecule has 0 heterocycles. The molecule has 3 unspecified atom stereocenters. The van der Waals surface area contributed by atoms with Gasteiger partial charge >= 0.3 is 0 Å². The van der Waals surface area contributed by atoms with Crippen molar-refractivity contribution >= 4 is 5.91 Å². The Bertz CT molecular complexity index is 938. The van der Waals surface area contributed by atoms with Gasteiger partial charge in [-0.25, -0.2) is 0 Å². The van der Waals surface area contributed by atoms with Crippen molar-refractivity contribution in [2.24, 2.45) is 0 Å². The molecule has 5 heteroatoms. The average Bonchev–Trinajstić information content (AvgIpc) is 3.19. The number of aliphatic hydroxyl groups excluding tert-OH is 3. The van der Waals surface area contributed by atoms with E-state index in [1.165, 1.54) is 161 Å². The summed E-state index contributed by atoms with van der Waals surface area (Å²) in [6.45, 7) is 4.14. The molecule has 0 bridgehead atoms. The van der Waals surface area contributed by atoms with Crippen molar-refractivity contribution in [1.29, 1.82) is 0 Å². The van der Waals surface area contributed by atoms with Gasteiger partial charge in [0.2, 0.25) is 5.91 Å². The topological polar surface area (TPSA) is 89.8 Å². The van der Waals surface area contributed by atoms with Crippen molar-refractivity contribution in [2.45, 2.75) is 244 Å².